The van der Waals surface area contributed by atoms with Gasteiger partial charge in [0.15, 0.2) is 0 Å². The van der Waals surface area contributed by atoms with Gasteiger partial charge in [-0.25, -0.2) is 0 Å². The second kappa shape index (κ2) is 4.40. The topological polar surface area (TPSA) is 17.8 Å². The van der Waals surface area contributed by atoms with Gasteiger partial charge in [-0.1, -0.05) is 23.2 Å². The van der Waals surface area contributed by atoms with Crippen LogP contribution in [0, 0.1) is 6.92 Å². The fourth-order valence-electron chi connectivity index (χ4n) is 1.46. The van der Waals surface area contributed by atoms with E-state index in [0.717, 1.165) is 21.4 Å². The van der Waals surface area contributed by atoms with Crippen molar-refractivity contribution >= 4 is 39.1 Å². The molecule has 1 aromatic carbocycles. The molecule has 1 heterocycles. The number of aryl methyl sites for hydroxylation is 1. The van der Waals surface area contributed by atoms with Crippen molar-refractivity contribution in [3.63, 3.8) is 0 Å². The fraction of sp³-hybridized carbons (Fsp3) is 0.182. The number of hydrogen-bond donors (Lipinski definition) is 0. The number of hydrogen-bond acceptors (Lipinski definition) is 1. The predicted molar refractivity (Wildman–Crippen MR) is 71.1 cm³/mol. The smallest absolute Gasteiger partial charge is 0.107 e. The monoisotopic (exact) mass is 318 g/mol. The Morgan fingerprint density at radius 3 is 2.19 bits per heavy atom. The van der Waals surface area contributed by atoms with Crippen LogP contribution in [0.1, 0.15) is 5.69 Å². The van der Waals surface area contributed by atoms with Crippen LogP contribution in [-0.4, -0.2) is 9.78 Å². The Morgan fingerprint density at radius 2 is 1.75 bits per heavy atom. The van der Waals surface area contributed by atoms with Gasteiger partial charge in [-0.15, -0.1) is 0 Å². The lowest BCUT2D eigenvalue weighted by Gasteiger charge is -2.00. The number of benzene rings is 1. The van der Waals surface area contributed by atoms with E-state index in [1.807, 2.05) is 30.8 Å². The van der Waals surface area contributed by atoms with E-state index < -0.39 is 0 Å². The molecular weight excluding hydrogens is 311 g/mol. The molecule has 2 rings (SSSR count). The summed E-state index contributed by atoms with van der Waals surface area (Å²) in [5, 5.41) is 5.63. The first-order valence-electron chi connectivity index (χ1n) is 4.64. The summed E-state index contributed by atoms with van der Waals surface area (Å²) in [5.74, 6) is 0. The third kappa shape index (κ3) is 2.12. The second-order valence-corrected chi connectivity index (χ2v) is 5.20. The van der Waals surface area contributed by atoms with Crippen LogP contribution in [-0.2, 0) is 7.05 Å². The minimum absolute atomic E-state index is 0.609. The molecule has 0 N–H and O–H groups in total. The highest BCUT2D eigenvalue weighted by atomic mass is 79.9. The Labute approximate surface area is 112 Å². The zero-order valence-electron chi connectivity index (χ0n) is 8.76. The SMILES string of the molecule is Cc1c(Br)c(-c2cc(Cl)cc(Cl)c2)nn1C. The van der Waals surface area contributed by atoms with Crippen LogP contribution < -0.4 is 0 Å². The summed E-state index contributed by atoms with van der Waals surface area (Å²) in [6.45, 7) is 1.99. The molecule has 0 unspecified atom stereocenters. The van der Waals surface area contributed by atoms with Gasteiger partial charge in [0.05, 0.1) is 4.47 Å². The molecule has 0 aliphatic rings. The van der Waals surface area contributed by atoms with E-state index in [4.69, 9.17) is 23.2 Å². The Kier molecular flexibility index (Phi) is 3.29. The van der Waals surface area contributed by atoms with Gasteiger partial charge in [0.2, 0.25) is 0 Å². The lowest BCUT2D eigenvalue weighted by atomic mass is 10.1. The first-order valence-corrected chi connectivity index (χ1v) is 6.19. The Morgan fingerprint density at radius 1 is 1.19 bits per heavy atom. The van der Waals surface area contributed by atoms with Crippen molar-refractivity contribution in [3.8, 4) is 11.3 Å². The quantitative estimate of drug-likeness (QED) is 0.758. The van der Waals surface area contributed by atoms with E-state index in [1.54, 1.807) is 6.07 Å². The van der Waals surface area contributed by atoms with Crippen molar-refractivity contribution < 1.29 is 0 Å². The van der Waals surface area contributed by atoms with Crippen LogP contribution in [0.25, 0.3) is 11.3 Å². The fourth-order valence-corrected chi connectivity index (χ4v) is 2.55. The van der Waals surface area contributed by atoms with Gasteiger partial charge in [-0.3, -0.25) is 4.68 Å². The number of nitrogens with zero attached hydrogens (tertiary/aromatic N) is 2. The van der Waals surface area contributed by atoms with Crippen LogP contribution in [0.2, 0.25) is 10.0 Å². The van der Waals surface area contributed by atoms with Crippen molar-refractivity contribution in [2.24, 2.45) is 7.05 Å². The van der Waals surface area contributed by atoms with Crippen LogP contribution in [0.3, 0.4) is 0 Å². The Bertz CT molecular complexity index is 529. The molecule has 0 aliphatic carbocycles. The Balaban J connectivity index is 2.62. The third-order valence-electron chi connectivity index (χ3n) is 2.40. The van der Waals surface area contributed by atoms with Gasteiger partial charge >= 0.3 is 0 Å². The molecule has 0 atom stereocenters. The van der Waals surface area contributed by atoms with Crippen molar-refractivity contribution in [2.45, 2.75) is 6.92 Å². The van der Waals surface area contributed by atoms with E-state index in [0.29, 0.717) is 10.0 Å². The maximum Gasteiger partial charge on any atom is 0.107 e. The van der Waals surface area contributed by atoms with Crippen LogP contribution >= 0.6 is 39.1 Å². The molecule has 1 aromatic heterocycles. The minimum Gasteiger partial charge on any atom is -0.271 e. The van der Waals surface area contributed by atoms with Crippen molar-refractivity contribution in [3.05, 3.63) is 38.4 Å². The van der Waals surface area contributed by atoms with E-state index >= 15 is 0 Å². The van der Waals surface area contributed by atoms with E-state index in [9.17, 15) is 0 Å². The van der Waals surface area contributed by atoms with Crippen LogP contribution in [0.15, 0.2) is 22.7 Å². The first-order chi connectivity index (χ1) is 7.49. The predicted octanol–water partition coefficient (Wildman–Crippen LogP) is 4.46. The first kappa shape index (κ1) is 12.0. The maximum absolute atomic E-state index is 5.96. The third-order valence-corrected chi connectivity index (χ3v) is 3.78. The molecule has 5 heteroatoms. The largest absolute Gasteiger partial charge is 0.271 e. The molecule has 0 spiro atoms. The van der Waals surface area contributed by atoms with Gasteiger partial charge in [-0.2, -0.15) is 5.10 Å². The van der Waals surface area contributed by atoms with Crippen molar-refractivity contribution in [2.75, 3.05) is 0 Å². The van der Waals surface area contributed by atoms with Gasteiger partial charge in [0.25, 0.3) is 0 Å². The molecule has 16 heavy (non-hydrogen) atoms. The standard InChI is InChI=1S/C11H9BrCl2N2/c1-6-10(12)11(15-16(6)2)7-3-8(13)5-9(14)4-7/h3-5H,1-2H3. The van der Waals surface area contributed by atoms with Gasteiger partial charge in [0, 0.05) is 28.4 Å². The molecule has 2 nitrogen and oxygen atoms in total. The molecular formula is C11H9BrCl2N2. The summed E-state index contributed by atoms with van der Waals surface area (Å²) >= 11 is 15.4. The molecule has 0 radical (unpaired) electrons. The average Bonchev–Trinajstić information content (AvgIpc) is 2.44. The summed E-state index contributed by atoms with van der Waals surface area (Å²) in [6, 6.07) is 5.40. The van der Waals surface area contributed by atoms with Gasteiger partial charge < -0.3 is 0 Å². The molecule has 2 aromatic rings. The molecule has 0 fully saturated rings. The van der Waals surface area contributed by atoms with Crippen LogP contribution in [0.4, 0.5) is 0 Å². The molecule has 0 saturated heterocycles. The number of halogens is 3. The van der Waals surface area contributed by atoms with E-state index in [-0.39, 0.29) is 0 Å². The number of aromatic nitrogens is 2. The molecule has 0 aliphatic heterocycles. The summed E-state index contributed by atoms with van der Waals surface area (Å²) in [4.78, 5) is 0. The van der Waals surface area contributed by atoms with E-state index in [2.05, 4.69) is 21.0 Å². The molecule has 0 bridgehead atoms. The zero-order valence-corrected chi connectivity index (χ0v) is 11.9. The summed E-state index contributed by atoms with van der Waals surface area (Å²) in [5.41, 5.74) is 2.82. The molecule has 0 saturated carbocycles. The zero-order chi connectivity index (χ0) is 11.9. The van der Waals surface area contributed by atoms with Gasteiger partial charge in [0.1, 0.15) is 5.69 Å². The molecule has 84 valence electrons. The van der Waals surface area contributed by atoms with Crippen molar-refractivity contribution in [1.29, 1.82) is 0 Å². The van der Waals surface area contributed by atoms with Crippen molar-refractivity contribution in [1.82, 2.24) is 9.78 Å². The second-order valence-electron chi connectivity index (χ2n) is 3.53. The average molecular weight is 320 g/mol. The summed E-state index contributed by atoms with van der Waals surface area (Å²) in [6.07, 6.45) is 0. The highest BCUT2D eigenvalue weighted by Gasteiger charge is 2.13. The Hall–Kier alpha value is -0.510. The van der Waals surface area contributed by atoms with Crippen LogP contribution in [0.5, 0.6) is 0 Å². The number of rotatable bonds is 1. The maximum atomic E-state index is 5.96. The van der Waals surface area contributed by atoms with Gasteiger partial charge in [-0.05, 0) is 41.1 Å². The summed E-state index contributed by atoms with van der Waals surface area (Å²) < 4.78 is 2.78. The lowest BCUT2D eigenvalue weighted by Crippen LogP contribution is -1.92. The minimum atomic E-state index is 0.609. The lowest BCUT2D eigenvalue weighted by molar-refractivity contribution is 0.742. The highest BCUT2D eigenvalue weighted by Crippen LogP contribution is 2.32. The summed E-state index contributed by atoms with van der Waals surface area (Å²) in [7, 11) is 1.90. The molecule has 0 amide bonds. The van der Waals surface area contributed by atoms with E-state index in [1.165, 1.54) is 0 Å². The normalized spacial score (nSPS) is 10.8. The highest BCUT2D eigenvalue weighted by molar-refractivity contribution is 9.10.